The molecular formula is C15H11ClN6O. The van der Waals surface area contributed by atoms with Gasteiger partial charge < -0.3 is 4.98 Å². The Labute approximate surface area is 135 Å². The first-order chi connectivity index (χ1) is 11.1. The average Bonchev–Trinajstić information content (AvgIpc) is 3.20. The highest BCUT2D eigenvalue weighted by molar-refractivity contribution is 6.31. The van der Waals surface area contributed by atoms with Gasteiger partial charge in [0.1, 0.15) is 10.7 Å². The highest BCUT2D eigenvalue weighted by Crippen LogP contribution is 2.23. The summed E-state index contributed by atoms with van der Waals surface area (Å²) >= 11 is 5.97. The molecule has 0 aliphatic heterocycles. The van der Waals surface area contributed by atoms with Crippen molar-refractivity contribution < 1.29 is 0 Å². The molecule has 8 heteroatoms. The standard InChI is InChI=1S/C15H11ClN6O/c1-9-13(16)15(23)22-14(20-9)11(7-19-22)10-6-18-21(8-10)12-4-2-3-5-17-12/h2-8,20H,1H3. The van der Waals surface area contributed by atoms with Gasteiger partial charge in [-0.25, -0.2) is 9.67 Å². The van der Waals surface area contributed by atoms with E-state index in [2.05, 4.69) is 20.2 Å². The summed E-state index contributed by atoms with van der Waals surface area (Å²) in [5.41, 5.74) is 2.42. The Morgan fingerprint density at radius 3 is 2.87 bits per heavy atom. The molecule has 0 saturated carbocycles. The fraction of sp³-hybridized carbons (Fsp3) is 0.0667. The lowest BCUT2D eigenvalue weighted by molar-refractivity contribution is 0.847. The molecule has 0 amide bonds. The molecular weight excluding hydrogens is 316 g/mol. The van der Waals surface area contributed by atoms with E-state index in [4.69, 9.17) is 11.6 Å². The number of nitrogens with zero attached hydrogens (tertiary/aromatic N) is 5. The van der Waals surface area contributed by atoms with Crippen LogP contribution in [0.1, 0.15) is 5.69 Å². The van der Waals surface area contributed by atoms with Gasteiger partial charge in [0.05, 0.1) is 12.4 Å². The Kier molecular flexibility index (Phi) is 3.02. The van der Waals surface area contributed by atoms with Crippen molar-refractivity contribution in [3.05, 3.63) is 64.1 Å². The third-order valence-electron chi connectivity index (χ3n) is 3.56. The van der Waals surface area contributed by atoms with Crippen LogP contribution in [0.4, 0.5) is 0 Å². The number of nitrogens with one attached hydrogen (secondary N) is 1. The largest absolute Gasteiger partial charge is 0.342 e. The number of hydrogen-bond donors (Lipinski definition) is 1. The van der Waals surface area contributed by atoms with Gasteiger partial charge in [0.15, 0.2) is 5.82 Å². The van der Waals surface area contributed by atoms with E-state index in [1.807, 2.05) is 24.4 Å². The van der Waals surface area contributed by atoms with E-state index in [0.717, 1.165) is 11.1 Å². The van der Waals surface area contributed by atoms with Gasteiger partial charge in [0.25, 0.3) is 5.56 Å². The molecule has 4 aromatic rings. The van der Waals surface area contributed by atoms with Crippen molar-refractivity contribution in [3.8, 4) is 16.9 Å². The normalized spacial score (nSPS) is 11.2. The van der Waals surface area contributed by atoms with Crippen LogP contribution in [0.3, 0.4) is 0 Å². The summed E-state index contributed by atoms with van der Waals surface area (Å²) in [4.78, 5) is 19.5. The van der Waals surface area contributed by atoms with E-state index in [1.165, 1.54) is 4.52 Å². The number of pyridine rings is 1. The third-order valence-corrected chi connectivity index (χ3v) is 4.01. The number of aromatic nitrogens is 6. The zero-order valence-electron chi connectivity index (χ0n) is 12.1. The Morgan fingerprint density at radius 1 is 1.22 bits per heavy atom. The Morgan fingerprint density at radius 2 is 2.09 bits per heavy atom. The highest BCUT2D eigenvalue weighted by atomic mass is 35.5. The van der Waals surface area contributed by atoms with Crippen LogP contribution in [-0.2, 0) is 0 Å². The van der Waals surface area contributed by atoms with Gasteiger partial charge in [-0.2, -0.15) is 14.7 Å². The second-order valence-electron chi connectivity index (χ2n) is 5.05. The number of rotatable bonds is 2. The van der Waals surface area contributed by atoms with E-state index in [1.54, 1.807) is 30.2 Å². The third kappa shape index (κ3) is 2.13. The lowest BCUT2D eigenvalue weighted by atomic mass is 10.2. The molecule has 114 valence electrons. The molecule has 23 heavy (non-hydrogen) atoms. The van der Waals surface area contributed by atoms with Crippen molar-refractivity contribution in [2.24, 2.45) is 0 Å². The van der Waals surface area contributed by atoms with Gasteiger partial charge in [-0.15, -0.1) is 0 Å². The molecule has 0 unspecified atom stereocenters. The number of aromatic amines is 1. The Hall–Kier alpha value is -2.93. The van der Waals surface area contributed by atoms with E-state index >= 15 is 0 Å². The topological polar surface area (TPSA) is 80.9 Å². The number of H-pyrrole nitrogens is 1. The molecule has 4 rings (SSSR count). The van der Waals surface area contributed by atoms with Crippen LogP contribution in [-0.4, -0.2) is 29.4 Å². The highest BCUT2D eigenvalue weighted by Gasteiger charge is 2.14. The zero-order valence-corrected chi connectivity index (χ0v) is 12.8. The molecule has 0 aliphatic rings. The first-order valence-electron chi connectivity index (χ1n) is 6.88. The summed E-state index contributed by atoms with van der Waals surface area (Å²) in [5.74, 6) is 0.711. The minimum absolute atomic E-state index is 0.135. The number of hydrogen-bond acceptors (Lipinski definition) is 4. The molecule has 0 saturated heterocycles. The van der Waals surface area contributed by atoms with Gasteiger partial charge in [0, 0.05) is 29.2 Å². The number of fused-ring (bicyclic) bond motifs is 1. The first kappa shape index (κ1) is 13.7. The molecule has 0 atom stereocenters. The maximum Gasteiger partial charge on any atom is 0.293 e. The van der Waals surface area contributed by atoms with Crippen molar-refractivity contribution in [2.75, 3.05) is 0 Å². The van der Waals surface area contributed by atoms with Crippen molar-refractivity contribution >= 4 is 17.2 Å². The van der Waals surface area contributed by atoms with Crippen LogP contribution in [0, 0.1) is 6.92 Å². The molecule has 0 aromatic carbocycles. The minimum Gasteiger partial charge on any atom is -0.342 e. The van der Waals surface area contributed by atoms with Gasteiger partial charge in [-0.1, -0.05) is 17.7 Å². The van der Waals surface area contributed by atoms with Crippen LogP contribution in [0.25, 0.3) is 22.6 Å². The summed E-state index contributed by atoms with van der Waals surface area (Å²) < 4.78 is 2.92. The monoisotopic (exact) mass is 326 g/mol. The molecule has 0 spiro atoms. The smallest absolute Gasteiger partial charge is 0.293 e. The van der Waals surface area contributed by atoms with E-state index < -0.39 is 0 Å². The van der Waals surface area contributed by atoms with Crippen molar-refractivity contribution in [2.45, 2.75) is 6.92 Å². The van der Waals surface area contributed by atoms with Gasteiger partial charge in [-0.3, -0.25) is 4.79 Å². The molecule has 4 aromatic heterocycles. The predicted octanol–water partition coefficient (Wildman–Crippen LogP) is 2.23. The molecule has 0 bridgehead atoms. The van der Waals surface area contributed by atoms with Gasteiger partial charge in [0.2, 0.25) is 0 Å². The second-order valence-corrected chi connectivity index (χ2v) is 5.43. The summed E-state index contributed by atoms with van der Waals surface area (Å²) in [6.07, 6.45) is 6.85. The lowest BCUT2D eigenvalue weighted by Gasteiger charge is -2.01. The van der Waals surface area contributed by atoms with Crippen LogP contribution >= 0.6 is 11.6 Å². The molecule has 0 fully saturated rings. The van der Waals surface area contributed by atoms with Crippen LogP contribution in [0.2, 0.25) is 5.02 Å². The van der Waals surface area contributed by atoms with Crippen LogP contribution < -0.4 is 5.56 Å². The maximum absolute atomic E-state index is 12.1. The fourth-order valence-electron chi connectivity index (χ4n) is 2.40. The Balaban J connectivity index is 1.88. The van der Waals surface area contributed by atoms with E-state index in [-0.39, 0.29) is 10.6 Å². The van der Waals surface area contributed by atoms with Crippen LogP contribution in [0.15, 0.2) is 47.8 Å². The SMILES string of the molecule is Cc1[nH]c2c(-c3cnn(-c4ccccn4)c3)cnn2c(=O)c1Cl. The maximum atomic E-state index is 12.1. The van der Waals surface area contributed by atoms with E-state index in [9.17, 15) is 4.79 Å². The zero-order chi connectivity index (χ0) is 16.0. The molecule has 0 radical (unpaired) electrons. The van der Waals surface area contributed by atoms with Crippen molar-refractivity contribution in [1.29, 1.82) is 0 Å². The first-order valence-corrected chi connectivity index (χ1v) is 7.25. The second kappa shape index (κ2) is 5.06. The molecule has 0 aliphatic carbocycles. The molecule has 4 heterocycles. The van der Waals surface area contributed by atoms with Gasteiger partial charge in [-0.05, 0) is 19.1 Å². The van der Waals surface area contributed by atoms with Crippen molar-refractivity contribution in [1.82, 2.24) is 29.4 Å². The lowest BCUT2D eigenvalue weighted by Crippen LogP contribution is -2.16. The van der Waals surface area contributed by atoms with E-state index in [0.29, 0.717) is 17.2 Å². The fourth-order valence-corrected chi connectivity index (χ4v) is 2.52. The minimum atomic E-state index is -0.346. The molecule has 1 N–H and O–H groups in total. The van der Waals surface area contributed by atoms with Crippen LogP contribution in [0.5, 0.6) is 0 Å². The summed E-state index contributed by atoms with van der Waals surface area (Å²) in [6.45, 7) is 1.75. The quantitative estimate of drug-likeness (QED) is 0.612. The summed E-state index contributed by atoms with van der Waals surface area (Å²) in [5, 5.41) is 8.56. The summed E-state index contributed by atoms with van der Waals surface area (Å²) in [6, 6.07) is 5.59. The van der Waals surface area contributed by atoms with Crippen molar-refractivity contribution in [3.63, 3.8) is 0 Å². The predicted molar refractivity (Wildman–Crippen MR) is 85.9 cm³/mol. The number of aryl methyl sites for hydroxylation is 1. The molecule has 7 nitrogen and oxygen atoms in total. The average molecular weight is 327 g/mol. The summed E-state index contributed by atoms with van der Waals surface area (Å²) in [7, 11) is 0. The number of halogens is 1. The Bertz CT molecular complexity index is 1060. The van der Waals surface area contributed by atoms with Gasteiger partial charge >= 0.3 is 0 Å².